The quantitative estimate of drug-likeness (QED) is 0.822. The first-order chi connectivity index (χ1) is 9.06. The summed E-state index contributed by atoms with van der Waals surface area (Å²) in [7, 11) is 3.78. The molecule has 1 aliphatic heterocycles. The number of anilines is 2. The molecule has 0 spiro atoms. The smallest absolute Gasteiger partial charge is 0.271 e. The van der Waals surface area contributed by atoms with Crippen LogP contribution in [0.4, 0.5) is 11.5 Å². The van der Waals surface area contributed by atoms with E-state index in [-0.39, 0.29) is 18.2 Å². The fraction of sp³-hybridized carbons (Fsp3) is 0.333. The van der Waals surface area contributed by atoms with Crippen LogP contribution < -0.4 is 15.6 Å². The predicted octanol–water partition coefficient (Wildman–Crippen LogP) is 0.352. The Labute approximate surface area is 110 Å². The van der Waals surface area contributed by atoms with Crippen LogP contribution in [0.2, 0.25) is 0 Å². The molecule has 0 saturated heterocycles. The first kappa shape index (κ1) is 13.0. The number of carbonyl (C=O) groups excluding carboxylic acids is 2. The van der Waals surface area contributed by atoms with Gasteiger partial charge in [-0.2, -0.15) is 5.10 Å². The van der Waals surface area contributed by atoms with E-state index >= 15 is 0 Å². The maximum absolute atomic E-state index is 11.9. The Kier molecular flexibility index (Phi) is 3.74. The van der Waals surface area contributed by atoms with Crippen LogP contribution in [-0.4, -0.2) is 36.6 Å². The predicted molar refractivity (Wildman–Crippen MR) is 72.0 cm³/mol. The van der Waals surface area contributed by atoms with E-state index in [2.05, 4.69) is 20.8 Å². The van der Waals surface area contributed by atoms with Gasteiger partial charge in [-0.25, -0.2) is 10.4 Å². The molecule has 100 valence electrons. The van der Waals surface area contributed by atoms with E-state index in [9.17, 15) is 9.59 Å². The van der Waals surface area contributed by atoms with Gasteiger partial charge in [-0.1, -0.05) is 0 Å². The molecule has 0 fully saturated rings. The molecule has 2 rings (SSSR count). The minimum Gasteiger partial charge on any atom is -0.363 e. The molecule has 0 aromatic carbocycles. The lowest BCUT2D eigenvalue weighted by Crippen LogP contribution is -2.32. The molecule has 2 N–H and O–H groups in total. The minimum absolute atomic E-state index is 0.173. The second kappa shape index (κ2) is 5.47. The summed E-state index contributed by atoms with van der Waals surface area (Å²) in [6.07, 6.45) is 2.21. The van der Waals surface area contributed by atoms with Crippen LogP contribution >= 0.6 is 0 Å². The second-order valence-corrected chi connectivity index (χ2v) is 4.35. The summed E-state index contributed by atoms with van der Waals surface area (Å²) in [6.45, 7) is 0. The second-order valence-electron chi connectivity index (χ2n) is 4.35. The van der Waals surface area contributed by atoms with Crippen LogP contribution in [-0.2, 0) is 9.59 Å². The SMILES string of the molecule is CN(C)c1ccc(NC(=O)C2=NNC(=O)CC2)cn1. The van der Waals surface area contributed by atoms with Gasteiger partial charge in [0.2, 0.25) is 5.91 Å². The maximum Gasteiger partial charge on any atom is 0.271 e. The van der Waals surface area contributed by atoms with Crippen molar-refractivity contribution in [1.29, 1.82) is 0 Å². The number of hydrogen-bond acceptors (Lipinski definition) is 5. The summed E-state index contributed by atoms with van der Waals surface area (Å²) in [5.74, 6) is 0.313. The first-order valence-corrected chi connectivity index (χ1v) is 5.86. The highest BCUT2D eigenvalue weighted by molar-refractivity contribution is 6.43. The molecule has 0 atom stereocenters. The number of hydrazone groups is 1. The topological polar surface area (TPSA) is 86.7 Å². The highest BCUT2D eigenvalue weighted by Gasteiger charge is 2.18. The molecule has 0 bridgehead atoms. The zero-order valence-electron chi connectivity index (χ0n) is 10.8. The van der Waals surface area contributed by atoms with Crippen LogP contribution in [0.1, 0.15) is 12.8 Å². The Morgan fingerprint density at radius 2 is 2.16 bits per heavy atom. The third kappa shape index (κ3) is 3.27. The first-order valence-electron chi connectivity index (χ1n) is 5.86. The lowest BCUT2D eigenvalue weighted by molar-refractivity contribution is -0.121. The zero-order chi connectivity index (χ0) is 13.8. The molecule has 2 heterocycles. The third-order valence-corrected chi connectivity index (χ3v) is 2.63. The summed E-state index contributed by atoms with van der Waals surface area (Å²) in [5, 5.41) is 6.42. The van der Waals surface area contributed by atoms with Gasteiger partial charge >= 0.3 is 0 Å². The van der Waals surface area contributed by atoms with E-state index in [0.29, 0.717) is 17.8 Å². The van der Waals surface area contributed by atoms with Crippen molar-refractivity contribution in [1.82, 2.24) is 10.4 Å². The van der Waals surface area contributed by atoms with Gasteiger partial charge in [0.1, 0.15) is 11.5 Å². The van der Waals surface area contributed by atoms with E-state index in [1.165, 1.54) is 0 Å². The Balaban J connectivity index is 2.01. The number of nitrogens with zero attached hydrogens (tertiary/aromatic N) is 3. The number of rotatable bonds is 3. The summed E-state index contributed by atoms with van der Waals surface area (Å²) < 4.78 is 0. The summed E-state index contributed by atoms with van der Waals surface area (Å²) in [4.78, 5) is 28.8. The molecule has 2 amide bonds. The van der Waals surface area contributed by atoms with E-state index < -0.39 is 0 Å². The molecule has 0 aliphatic carbocycles. The van der Waals surface area contributed by atoms with Crippen LogP contribution in [0.15, 0.2) is 23.4 Å². The van der Waals surface area contributed by atoms with Crippen molar-refractivity contribution in [3.05, 3.63) is 18.3 Å². The van der Waals surface area contributed by atoms with Crippen LogP contribution in [0.25, 0.3) is 0 Å². The van der Waals surface area contributed by atoms with Crippen molar-refractivity contribution >= 4 is 29.0 Å². The zero-order valence-corrected chi connectivity index (χ0v) is 10.8. The van der Waals surface area contributed by atoms with Gasteiger partial charge in [-0.15, -0.1) is 0 Å². The van der Waals surface area contributed by atoms with Gasteiger partial charge in [-0.05, 0) is 12.1 Å². The van der Waals surface area contributed by atoms with Gasteiger partial charge in [0, 0.05) is 26.9 Å². The maximum atomic E-state index is 11.9. The Bertz CT molecular complexity index is 521. The van der Waals surface area contributed by atoms with Crippen LogP contribution in [0.3, 0.4) is 0 Å². The Morgan fingerprint density at radius 3 is 2.68 bits per heavy atom. The monoisotopic (exact) mass is 261 g/mol. The third-order valence-electron chi connectivity index (χ3n) is 2.63. The molecule has 1 aliphatic rings. The number of pyridine rings is 1. The fourth-order valence-corrected chi connectivity index (χ4v) is 1.57. The standard InChI is InChI=1S/C12H15N5O2/c1-17(2)10-5-3-8(7-13-10)14-12(19)9-4-6-11(18)16-15-9/h3,5,7H,4,6H2,1-2H3,(H,14,19)(H,16,18). The van der Waals surface area contributed by atoms with E-state index in [1.807, 2.05) is 19.0 Å². The van der Waals surface area contributed by atoms with Crippen LogP contribution in [0, 0.1) is 0 Å². The van der Waals surface area contributed by atoms with Gasteiger partial charge in [0.05, 0.1) is 11.9 Å². The normalized spacial score (nSPS) is 14.4. The van der Waals surface area contributed by atoms with E-state index in [4.69, 9.17) is 0 Å². The molecule has 19 heavy (non-hydrogen) atoms. The Morgan fingerprint density at radius 1 is 1.37 bits per heavy atom. The van der Waals surface area contributed by atoms with Gasteiger partial charge in [-0.3, -0.25) is 9.59 Å². The van der Waals surface area contributed by atoms with Crippen molar-refractivity contribution in [2.45, 2.75) is 12.8 Å². The number of nitrogens with one attached hydrogen (secondary N) is 2. The molecule has 0 unspecified atom stereocenters. The summed E-state index contributed by atoms with van der Waals surface area (Å²) >= 11 is 0. The highest BCUT2D eigenvalue weighted by Crippen LogP contribution is 2.12. The van der Waals surface area contributed by atoms with Crippen molar-refractivity contribution in [3.8, 4) is 0 Å². The molecule has 7 nitrogen and oxygen atoms in total. The van der Waals surface area contributed by atoms with E-state index in [1.54, 1.807) is 18.3 Å². The number of aromatic nitrogens is 1. The van der Waals surface area contributed by atoms with Gasteiger partial charge in [0.15, 0.2) is 0 Å². The lowest BCUT2D eigenvalue weighted by atomic mass is 10.1. The van der Waals surface area contributed by atoms with E-state index in [0.717, 1.165) is 5.82 Å². The molecule has 7 heteroatoms. The molecule has 0 radical (unpaired) electrons. The van der Waals surface area contributed by atoms with Crippen molar-refractivity contribution in [2.75, 3.05) is 24.3 Å². The molecule has 1 aromatic rings. The summed E-state index contributed by atoms with van der Waals surface area (Å²) in [5.41, 5.74) is 3.20. The number of hydrogen-bond donors (Lipinski definition) is 2. The fourth-order valence-electron chi connectivity index (χ4n) is 1.57. The van der Waals surface area contributed by atoms with Gasteiger partial charge < -0.3 is 10.2 Å². The Hall–Kier alpha value is -2.44. The average Bonchev–Trinajstić information content (AvgIpc) is 2.40. The largest absolute Gasteiger partial charge is 0.363 e. The lowest BCUT2D eigenvalue weighted by Gasteiger charge is -2.13. The van der Waals surface area contributed by atoms with Crippen molar-refractivity contribution < 1.29 is 9.59 Å². The van der Waals surface area contributed by atoms with Gasteiger partial charge in [0.25, 0.3) is 5.91 Å². The molecular formula is C12H15N5O2. The number of carbonyl (C=O) groups is 2. The van der Waals surface area contributed by atoms with Crippen molar-refractivity contribution in [2.24, 2.45) is 5.10 Å². The highest BCUT2D eigenvalue weighted by atomic mass is 16.2. The molecular weight excluding hydrogens is 246 g/mol. The number of amides is 2. The average molecular weight is 261 g/mol. The summed E-state index contributed by atoms with van der Waals surface area (Å²) in [6, 6.07) is 3.57. The molecule has 1 aromatic heterocycles. The van der Waals surface area contributed by atoms with Crippen molar-refractivity contribution in [3.63, 3.8) is 0 Å². The van der Waals surface area contributed by atoms with Crippen LogP contribution in [0.5, 0.6) is 0 Å². The molecule has 0 saturated carbocycles. The minimum atomic E-state index is -0.320.